The highest BCUT2D eigenvalue weighted by Crippen LogP contribution is 2.31. The summed E-state index contributed by atoms with van der Waals surface area (Å²) in [5.41, 5.74) is 5.21. The molecule has 0 saturated carbocycles. The Hall–Kier alpha value is -0.650. The summed E-state index contributed by atoms with van der Waals surface area (Å²) in [6.07, 6.45) is 0. The number of anilines is 1. The monoisotopic (exact) mass is 334 g/mol. The van der Waals surface area contributed by atoms with Gasteiger partial charge in [-0.05, 0) is 41.9 Å². The molecular formula is C11H12BrClN2OS. The van der Waals surface area contributed by atoms with Crippen molar-refractivity contribution in [1.82, 2.24) is 0 Å². The number of nitrogens with two attached hydrogens (primary N) is 1. The number of halogens is 2. The van der Waals surface area contributed by atoms with Crippen LogP contribution in [0.1, 0.15) is 13.8 Å². The van der Waals surface area contributed by atoms with Crippen molar-refractivity contribution in [3.63, 3.8) is 0 Å². The van der Waals surface area contributed by atoms with E-state index in [0.717, 1.165) is 0 Å². The first-order chi connectivity index (χ1) is 7.76. The van der Waals surface area contributed by atoms with E-state index < -0.39 is 5.41 Å². The Morgan fingerprint density at radius 3 is 2.65 bits per heavy atom. The van der Waals surface area contributed by atoms with Crippen molar-refractivity contribution in [2.45, 2.75) is 13.8 Å². The minimum Gasteiger partial charge on any atom is -0.392 e. The lowest BCUT2D eigenvalue weighted by Gasteiger charge is -2.22. The summed E-state index contributed by atoms with van der Waals surface area (Å²) >= 11 is 14.1. The highest BCUT2D eigenvalue weighted by Gasteiger charge is 2.31. The first kappa shape index (κ1) is 14.4. The van der Waals surface area contributed by atoms with Crippen molar-refractivity contribution in [2.75, 3.05) is 5.32 Å². The van der Waals surface area contributed by atoms with E-state index in [2.05, 4.69) is 21.2 Å². The van der Waals surface area contributed by atoms with E-state index in [1.54, 1.807) is 32.0 Å². The molecule has 0 bridgehead atoms. The average molecular weight is 336 g/mol. The third-order valence-electron chi connectivity index (χ3n) is 2.38. The lowest BCUT2D eigenvalue weighted by molar-refractivity contribution is -0.121. The topological polar surface area (TPSA) is 55.1 Å². The maximum absolute atomic E-state index is 12.0. The second kappa shape index (κ2) is 5.33. The Bertz CT molecular complexity index is 477. The van der Waals surface area contributed by atoms with Gasteiger partial charge in [-0.3, -0.25) is 4.79 Å². The highest BCUT2D eigenvalue weighted by molar-refractivity contribution is 9.10. The van der Waals surface area contributed by atoms with Gasteiger partial charge in [-0.15, -0.1) is 0 Å². The zero-order valence-electron chi connectivity index (χ0n) is 9.38. The van der Waals surface area contributed by atoms with Crippen LogP contribution in [0.2, 0.25) is 5.02 Å². The van der Waals surface area contributed by atoms with Crippen LogP contribution < -0.4 is 11.1 Å². The van der Waals surface area contributed by atoms with Gasteiger partial charge < -0.3 is 11.1 Å². The fraction of sp³-hybridized carbons (Fsp3) is 0.273. The quantitative estimate of drug-likeness (QED) is 0.833. The number of carbonyl (C=O) groups excluding carboxylic acids is 1. The number of benzene rings is 1. The number of rotatable bonds is 3. The van der Waals surface area contributed by atoms with Gasteiger partial charge in [0.1, 0.15) is 0 Å². The molecule has 17 heavy (non-hydrogen) atoms. The van der Waals surface area contributed by atoms with Gasteiger partial charge in [0, 0.05) is 0 Å². The molecule has 1 amide bonds. The Morgan fingerprint density at radius 2 is 2.12 bits per heavy atom. The summed E-state index contributed by atoms with van der Waals surface area (Å²) in [4.78, 5) is 12.1. The van der Waals surface area contributed by atoms with Gasteiger partial charge in [-0.1, -0.05) is 29.9 Å². The summed E-state index contributed by atoms with van der Waals surface area (Å²) in [6, 6.07) is 5.21. The molecule has 0 fully saturated rings. The average Bonchev–Trinajstić information content (AvgIpc) is 2.24. The molecule has 0 heterocycles. The molecule has 0 aliphatic heterocycles. The predicted octanol–water partition coefficient (Wildman–Crippen LogP) is 3.35. The maximum atomic E-state index is 12.0. The molecule has 0 saturated heterocycles. The third-order valence-corrected chi connectivity index (χ3v) is 4.29. The van der Waals surface area contributed by atoms with Gasteiger partial charge in [0.2, 0.25) is 5.91 Å². The van der Waals surface area contributed by atoms with E-state index in [-0.39, 0.29) is 10.9 Å². The van der Waals surface area contributed by atoms with Crippen LogP contribution in [0.25, 0.3) is 0 Å². The predicted molar refractivity (Wildman–Crippen MR) is 78.3 cm³/mol. The molecule has 0 radical (unpaired) electrons. The SMILES string of the molecule is CC(C)(C(=O)Nc1cccc(Cl)c1Br)C(N)=S. The summed E-state index contributed by atoms with van der Waals surface area (Å²) in [5.74, 6) is -0.270. The minimum absolute atomic E-state index is 0.146. The molecule has 1 aromatic rings. The lowest BCUT2D eigenvalue weighted by atomic mass is 9.92. The van der Waals surface area contributed by atoms with E-state index in [1.165, 1.54) is 0 Å². The Morgan fingerprint density at radius 1 is 1.53 bits per heavy atom. The number of amides is 1. The van der Waals surface area contributed by atoms with Crippen molar-refractivity contribution in [3.8, 4) is 0 Å². The summed E-state index contributed by atoms with van der Waals surface area (Å²) in [7, 11) is 0. The molecule has 0 unspecified atom stereocenters. The van der Waals surface area contributed by atoms with E-state index in [9.17, 15) is 4.79 Å². The van der Waals surface area contributed by atoms with Crippen LogP contribution in [0.4, 0.5) is 5.69 Å². The van der Waals surface area contributed by atoms with Gasteiger partial charge in [0.05, 0.1) is 25.6 Å². The highest BCUT2D eigenvalue weighted by atomic mass is 79.9. The number of thiocarbonyl (C=S) groups is 1. The normalized spacial score (nSPS) is 11.1. The first-order valence-corrected chi connectivity index (χ1v) is 6.40. The molecule has 1 rings (SSSR count). The van der Waals surface area contributed by atoms with E-state index in [0.29, 0.717) is 15.2 Å². The minimum atomic E-state index is -0.906. The Kier molecular flexibility index (Phi) is 4.52. The molecule has 0 aliphatic carbocycles. The molecule has 0 aromatic heterocycles. The van der Waals surface area contributed by atoms with Crippen molar-refractivity contribution >= 4 is 56.3 Å². The molecule has 0 atom stereocenters. The third kappa shape index (κ3) is 3.18. The standard InChI is InChI=1S/C11H12BrClN2OS/c1-11(2,9(14)17)10(16)15-7-5-3-4-6(13)8(7)12/h3-5H,1-2H3,(H2,14,17)(H,15,16). The molecule has 92 valence electrons. The van der Waals surface area contributed by atoms with Crippen molar-refractivity contribution in [3.05, 3.63) is 27.7 Å². The van der Waals surface area contributed by atoms with Gasteiger partial charge in [0.15, 0.2) is 0 Å². The number of hydrogen-bond donors (Lipinski definition) is 2. The van der Waals surface area contributed by atoms with E-state index in [4.69, 9.17) is 29.6 Å². The number of carbonyl (C=O) groups is 1. The van der Waals surface area contributed by atoms with Gasteiger partial charge >= 0.3 is 0 Å². The molecule has 0 spiro atoms. The van der Waals surface area contributed by atoms with Crippen LogP contribution in [0.15, 0.2) is 22.7 Å². The number of hydrogen-bond acceptors (Lipinski definition) is 2. The lowest BCUT2D eigenvalue weighted by Crippen LogP contribution is -2.41. The molecule has 6 heteroatoms. The van der Waals surface area contributed by atoms with Crippen molar-refractivity contribution < 1.29 is 4.79 Å². The fourth-order valence-electron chi connectivity index (χ4n) is 0.991. The Balaban J connectivity index is 2.97. The van der Waals surface area contributed by atoms with E-state index >= 15 is 0 Å². The maximum Gasteiger partial charge on any atom is 0.236 e. The molecule has 1 aromatic carbocycles. The van der Waals surface area contributed by atoms with Crippen molar-refractivity contribution in [1.29, 1.82) is 0 Å². The van der Waals surface area contributed by atoms with Crippen LogP contribution in [-0.4, -0.2) is 10.9 Å². The molecule has 0 aliphatic rings. The number of nitrogens with one attached hydrogen (secondary N) is 1. The van der Waals surface area contributed by atoms with Crippen LogP contribution >= 0.6 is 39.7 Å². The molecule has 3 N–H and O–H groups in total. The van der Waals surface area contributed by atoms with Gasteiger partial charge in [-0.2, -0.15) is 0 Å². The van der Waals surface area contributed by atoms with Crippen LogP contribution in [0.5, 0.6) is 0 Å². The van der Waals surface area contributed by atoms with E-state index in [1.807, 2.05) is 0 Å². The second-order valence-corrected chi connectivity index (χ2v) is 5.68. The smallest absolute Gasteiger partial charge is 0.236 e. The summed E-state index contributed by atoms with van der Waals surface area (Å²) < 4.78 is 0.633. The van der Waals surface area contributed by atoms with Crippen LogP contribution in [-0.2, 0) is 4.79 Å². The zero-order valence-corrected chi connectivity index (χ0v) is 12.5. The largest absolute Gasteiger partial charge is 0.392 e. The zero-order chi connectivity index (χ0) is 13.2. The fourth-order valence-corrected chi connectivity index (χ4v) is 1.62. The summed E-state index contributed by atoms with van der Waals surface area (Å²) in [5, 5.41) is 3.26. The Labute approximate surface area is 119 Å². The van der Waals surface area contributed by atoms with Crippen LogP contribution in [0.3, 0.4) is 0 Å². The van der Waals surface area contributed by atoms with Crippen molar-refractivity contribution in [2.24, 2.45) is 11.1 Å². The molecular weight excluding hydrogens is 324 g/mol. The summed E-state index contributed by atoms with van der Waals surface area (Å²) in [6.45, 7) is 3.34. The second-order valence-electron chi connectivity index (χ2n) is 4.04. The van der Waals surface area contributed by atoms with Crippen LogP contribution in [0, 0.1) is 5.41 Å². The molecule has 3 nitrogen and oxygen atoms in total. The first-order valence-electron chi connectivity index (χ1n) is 4.82. The van der Waals surface area contributed by atoms with Gasteiger partial charge in [0.25, 0.3) is 0 Å². The van der Waals surface area contributed by atoms with Gasteiger partial charge in [-0.25, -0.2) is 0 Å².